The van der Waals surface area contributed by atoms with Crippen molar-refractivity contribution in [3.63, 3.8) is 0 Å². The van der Waals surface area contributed by atoms with Gasteiger partial charge in [-0.3, -0.25) is 24.2 Å². The van der Waals surface area contributed by atoms with E-state index in [0.29, 0.717) is 15.4 Å². The number of carbonyl (C=O) groups is 4. The Bertz CT molecular complexity index is 1180. The van der Waals surface area contributed by atoms with Crippen molar-refractivity contribution in [1.82, 2.24) is 10.2 Å². The maximum atomic E-state index is 13.9. The SMILES string of the molecule is Cc1ccc([C@@]2(C)NC(=O)N(CC(=O)N3c4ccccc4NC(=O)C[C@@H]3C(F)(F)F)C2=O)cc1. The molecule has 2 aliphatic heterocycles. The number of para-hydroxylation sites is 2. The number of imide groups is 1. The molecule has 8 nitrogen and oxygen atoms in total. The standard InChI is InChI=1S/C23H21F3N4O4/c1-13-7-9-14(10-8-13)22(2)20(33)29(21(34)28-22)12-19(32)30-16-6-4-3-5-15(16)27-18(31)11-17(30)23(24,25)26/h3-10,17H,11-12H2,1-2H3,(H,27,31)(H,28,34)/t17-,22-/m1/s1. The van der Waals surface area contributed by atoms with E-state index >= 15 is 0 Å². The highest BCUT2D eigenvalue weighted by Crippen LogP contribution is 2.38. The van der Waals surface area contributed by atoms with Gasteiger partial charge in [-0.05, 0) is 31.5 Å². The van der Waals surface area contributed by atoms with Gasteiger partial charge in [0.2, 0.25) is 11.8 Å². The summed E-state index contributed by atoms with van der Waals surface area (Å²) in [7, 11) is 0. The second-order valence-electron chi connectivity index (χ2n) is 8.40. The predicted molar refractivity (Wildman–Crippen MR) is 116 cm³/mol. The summed E-state index contributed by atoms with van der Waals surface area (Å²) in [6, 6.07) is 9.00. The van der Waals surface area contributed by atoms with Crippen LogP contribution >= 0.6 is 0 Å². The molecule has 0 bridgehead atoms. The number of urea groups is 1. The summed E-state index contributed by atoms with van der Waals surface area (Å²) in [5, 5.41) is 4.90. The van der Waals surface area contributed by atoms with Crippen molar-refractivity contribution in [2.75, 3.05) is 16.8 Å². The van der Waals surface area contributed by atoms with Crippen LogP contribution < -0.4 is 15.5 Å². The third-order valence-corrected chi connectivity index (χ3v) is 5.97. The molecule has 0 unspecified atom stereocenters. The Morgan fingerprint density at radius 2 is 1.74 bits per heavy atom. The number of nitrogens with zero attached hydrogens (tertiary/aromatic N) is 2. The van der Waals surface area contributed by atoms with E-state index in [1.54, 1.807) is 24.3 Å². The summed E-state index contributed by atoms with van der Waals surface area (Å²) in [4.78, 5) is 52.2. The number of rotatable bonds is 3. The van der Waals surface area contributed by atoms with Crippen LogP contribution in [0.1, 0.15) is 24.5 Å². The molecule has 0 aliphatic carbocycles. The molecule has 11 heteroatoms. The number of halogens is 3. The lowest BCUT2D eigenvalue weighted by atomic mass is 9.91. The molecular formula is C23H21F3N4O4. The largest absolute Gasteiger partial charge is 0.409 e. The average molecular weight is 474 g/mol. The fraction of sp³-hybridized carbons (Fsp3) is 0.304. The summed E-state index contributed by atoms with van der Waals surface area (Å²) in [5.74, 6) is -2.83. The van der Waals surface area contributed by atoms with Crippen LogP contribution in [-0.2, 0) is 19.9 Å². The van der Waals surface area contributed by atoms with Crippen LogP contribution in [0, 0.1) is 6.92 Å². The first-order valence-corrected chi connectivity index (χ1v) is 10.4. The molecule has 34 heavy (non-hydrogen) atoms. The monoisotopic (exact) mass is 474 g/mol. The summed E-state index contributed by atoms with van der Waals surface area (Å²) >= 11 is 0. The van der Waals surface area contributed by atoms with Gasteiger partial charge in [-0.1, -0.05) is 42.0 Å². The van der Waals surface area contributed by atoms with Gasteiger partial charge in [-0.15, -0.1) is 0 Å². The zero-order chi connectivity index (χ0) is 24.8. The van der Waals surface area contributed by atoms with Crippen LogP contribution in [0.2, 0.25) is 0 Å². The predicted octanol–water partition coefficient (Wildman–Crippen LogP) is 3.07. The summed E-state index contributed by atoms with van der Waals surface area (Å²) < 4.78 is 41.7. The molecule has 5 amide bonds. The van der Waals surface area contributed by atoms with Crippen LogP contribution in [0.3, 0.4) is 0 Å². The molecule has 1 fully saturated rings. The van der Waals surface area contributed by atoms with Gasteiger partial charge in [-0.2, -0.15) is 13.2 Å². The number of anilines is 2. The molecule has 0 radical (unpaired) electrons. The molecule has 2 atom stereocenters. The van der Waals surface area contributed by atoms with E-state index in [4.69, 9.17) is 0 Å². The lowest BCUT2D eigenvalue weighted by Crippen LogP contribution is -2.53. The Balaban J connectivity index is 1.68. The van der Waals surface area contributed by atoms with Crippen molar-refractivity contribution < 1.29 is 32.3 Å². The maximum absolute atomic E-state index is 13.9. The van der Waals surface area contributed by atoms with Crippen molar-refractivity contribution in [3.05, 3.63) is 59.7 Å². The third kappa shape index (κ3) is 3.97. The molecule has 2 heterocycles. The zero-order valence-corrected chi connectivity index (χ0v) is 18.3. The molecule has 2 N–H and O–H groups in total. The molecule has 2 aromatic carbocycles. The second-order valence-corrected chi connectivity index (χ2v) is 8.40. The van der Waals surface area contributed by atoms with Gasteiger partial charge in [0.15, 0.2) is 0 Å². The molecule has 2 aromatic rings. The number of amides is 5. The highest BCUT2D eigenvalue weighted by Gasteiger charge is 2.52. The number of benzene rings is 2. The van der Waals surface area contributed by atoms with E-state index in [9.17, 15) is 32.3 Å². The number of alkyl halides is 3. The lowest BCUT2D eigenvalue weighted by Gasteiger charge is -2.32. The fourth-order valence-corrected chi connectivity index (χ4v) is 4.13. The fourth-order valence-electron chi connectivity index (χ4n) is 4.13. The zero-order valence-electron chi connectivity index (χ0n) is 18.3. The second kappa shape index (κ2) is 8.15. The van der Waals surface area contributed by atoms with Crippen LogP contribution in [0.5, 0.6) is 0 Å². The Hall–Kier alpha value is -3.89. The van der Waals surface area contributed by atoms with Crippen LogP contribution in [0.25, 0.3) is 0 Å². The average Bonchev–Trinajstić information content (AvgIpc) is 2.89. The Morgan fingerprint density at radius 3 is 2.38 bits per heavy atom. The van der Waals surface area contributed by atoms with Gasteiger partial charge in [0.05, 0.1) is 17.8 Å². The first kappa shape index (κ1) is 23.3. The summed E-state index contributed by atoms with van der Waals surface area (Å²) in [6.45, 7) is 2.38. The van der Waals surface area contributed by atoms with E-state index in [0.717, 1.165) is 5.56 Å². The smallest absolute Gasteiger partial charge is 0.324 e. The minimum Gasteiger partial charge on any atom is -0.324 e. The number of carbonyl (C=O) groups excluding carboxylic acids is 4. The number of aryl methyl sites for hydroxylation is 1. The molecule has 0 spiro atoms. The molecule has 2 aliphatic rings. The van der Waals surface area contributed by atoms with Gasteiger partial charge in [0.1, 0.15) is 18.1 Å². The minimum atomic E-state index is -4.93. The van der Waals surface area contributed by atoms with Crippen LogP contribution in [0.4, 0.5) is 29.3 Å². The van der Waals surface area contributed by atoms with Gasteiger partial charge in [-0.25, -0.2) is 4.79 Å². The van der Waals surface area contributed by atoms with Crippen molar-refractivity contribution in [2.45, 2.75) is 38.0 Å². The van der Waals surface area contributed by atoms with Gasteiger partial charge in [0.25, 0.3) is 5.91 Å². The Labute approximate surface area is 192 Å². The van der Waals surface area contributed by atoms with Gasteiger partial charge >= 0.3 is 12.2 Å². The highest BCUT2D eigenvalue weighted by atomic mass is 19.4. The van der Waals surface area contributed by atoms with Gasteiger partial charge < -0.3 is 10.6 Å². The van der Waals surface area contributed by atoms with Crippen molar-refractivity contribution >= 4 is 35.1 Å². The van der Waals surface area contributed by atoms with Crippen LogP contribution in [-0.4, -0.2) is 47.4 Å². The van der Waals surface area contributed by atoms with E-state index in [2.05, 4.69) is 10.6 Å². The quantitative estimate of drug-likeness (QED) is 0.668. The minimum absolute atomic E-state index is 0.0225. The molecule has 4 rings (SSSR count). The van der Waals surface area contributed by atoms with E-state index in [1.807, 2.05) is 6.92 Å². The number of hydrogen-bond acceptors (Lipinski definition) is 4. The van der Waals surface area contributed by atoms with E-state index in [1.165, 1.54) is 31.2 Å². The number of fused-ring (bicyclic) bond motifs is 1. The normalized spacial score (nSPS) is 22.7. The molecule has 0 aromatic heterocycles. The highest BCUT2D eigenvalue weighted by molar-refractivity contribution is 6.12. The summed E-state index contributed by atoms with van der Waals surface area (Å²) in [6.07, 6.45) is -5.96. The first-order valence-electron chi connectivity index (χ1n) is 10.4. The van der Waals surface area contributed by atoms with Crippen molar-refractivity contribution in [1.29, 1.82) is 0 Å². The van der Waals surface area contributed by atoms with Crippen molar-refractivity contribution in [3.8, 4) is 0 Å². The maximum Gasteiger partial charge on any atom is 0.409 e. The Morgan fingerprint density at radius 1 is 1.09 bits per heavy atom. The van der Waals surface area contributed by atoms with E-state index in [-0.39, 0.29) is 11.4 Å². The lowest BCUT2D eigenvalue weighted by molar-refractivity contribution is -0.158. The van der Waals surface area contributed by atoms with Gasteiger partial charge in [0, 0.05) is 0 Å². The molecule has 1 saturated heterocycles. The van der Waals surface area contributed by atoms with E-state index < -0.39 is 54.5 Å². The van der Waals surface area contributed by atoms with Crippen molar-refractivity contribution in [2.24, 2.45) is 0 Å². The summed E-state index contributed by atoms with van der Waals surface area (Å²) in [5.41, 5.74) is -0.238. The number of hydrogen-bond donors (Lipinski definition) is 2. The molecule has 0 saturated carbocycles. The first-order chi connectivity index (χ1) is 15.9. The molecular weight excluding hydrogens is 453 g/mol. The topological polar surface area (TPSA) is 98.8 Å². The molecule has 178 valence electrons. The Kier molecular flexibility index (Phi) is 5.58. The number of nitrogens with one attached hydrogen (secondary N) is 2. The van der Waals surface area contributed by atoms with Crippen LogP contribution in [0.15, 0.2) is 48.5 Å². The third-order valence-electron chi connectivity index (χ3n) is 5.97.